The summed E-state index contributed by atoms with van der Waals surface area (Å²) in [6.45, 7) is 15.6. The number of aromatic nitrogens is 3. The van der Waals surface area contributed by atoms with Crippen LogP contribution in [0, 0.1) is 5.92 Å². The molecule has 0 unspecified atom stereocenters. The molecule has 0 aromatic carbocycles. The molecule has 0 radical (unpaired) electrons. The van der Waals surface area contributed by atoms with Gasteiger partial charge in [-0.1, -0.05) is 58.4 Å². The molecule has 0 spiro atoms. The molecule has 2 aromatic rings. The monoisotopic (exact) mass is 563 g/mol. The maximum atomic E-state index is 13.6. The maximum absolute atomic E-state index is 13.6. The average Bonchev–Trinajstić information content (AvgIpc) is 3.42. The van der Waals surface area contributed by atoms with Gasteiger partial charge in [0.2, 0.25) is 0 Å². The summed E-state index contributed by atoms with van der Waals surface area (Å²) in [5.41, 5.74) is 8.88. The Balaban J connectivity index is 0.000000975. The van der Waals surface area contributed by atoms with E-state index in [4.69, 9.17) is 29.0 Å². The summed E-state index contributed by atoms with van der Waals surface area (Å²) in [5.74, 6) is 11.7. The molecule has 0 aliphatic carbocycles. The summed E-state index contributed by atoms with van der Waals surface area (Å²) in [7, 11) is 0. The molecule has 1 saturated heterocycles. The average molecular weight is 564 g/mol. The van der Waals surface area contributed by atoms with Gasteiger partial charge in [-0.25, -0.2) is 15.2 Å². The largest absolute Gasteiger partial charge is 0.383 e. The number of piperidine rings is 1. The Bertz CT molecular complexity index is 1060. The standard InChI is InChI=1S/C21H31ClFN9.C5H10.C2H6/c1-14(2)11-30-5-3-18(4-6-30)32-12-16(10-28-32)15-7-19(20(24)27-9-15)21(29-25)31(26)13-17(23)8-22;1-3-5-4-2;1-2/h7-10,12,14,18H,3-6,11,13,25-26H2,1-2H3,(H2,24,27);3,5H,4H2,1-2H3;1-2H3/b17-8-,29-21-;5-3-;. The summed E-state index contributed by atoms with van der Waals surface area (Å²) in [4.78, 5) is 6.76. The topological polar surface area (TPSA) is 128 Å². The van der Waals surface area contributed by atoms with Crippen LogP contribution in [0.15, 0.2) is 53.3 Å². The number of halogens is 2. The van der Waals surface area contributed by atoms with Gasteiger partial charge in [-0.2, -0.15) is 10.2 Å². The van der Waals surface area contributed by atoms with E-state index < -0.39 is 5.83 Å². The number of likely N-dealkylation sites (tertiary alicyclic amines) is 1. The highest BCUT2D eigenvalue weighted by atomic mass is 35.5. The van der Waals surface area contributed by atoms with Gasteiger partial charge >= 0.3 is 0 Å². The van der Waals surface area contributed by atoms with Gasteiger partial charge in [-0.05, 0) is 38.2 Å². The van der Waals surface area contributed by atoms with Gasteiger partial charge in [0.25, 0.3) is 0 Å². The smallest absolute Gasteiger partial charge is 0.173 e. The first-order chi connectivity index (χ1) is 18.7. The summed E-state index contributed by atoms with van der Waals surface area (Å²) in [5, 5.41) is 9.29. The highest BCUT2D eigenvalue weighted by Gasteiger charge is 2.22. The lowest BCUT2D eigenvalue weighted by Gasteiger charge is -2.33. The minimum absolute atomic E-state index is 0.0930. The zero-order chi connectivity index (χ0) is 29.4. The normalized spacial score (nSPS) is 15.1. The van der Waals surface area contributed by atoms with Crippen LogP contribution in [-0.2, 0) is 0 Å². The van der Waals surface area contributed by atoms with E-state index in [0.717, 1.165) is 60.6 Å². The van der Waals surface area contributed by atoms with Crippen molar-refractivity contribution in [2.24, 2.45) is 22.7 Å². The van der Waals surface area contributed by atoms with Gasteiger partial charge in [-0.15, -0.1) is 0 Å². The molecule has 0 saturated carbocycles. The molecule has 39 heavy (non-hydrogen) atoms. The summed E-state index contributed by atoms with van der Waals surface area (Å²) >= 11 is 5.38. The molecule has 218 valence electrons. The van der Waals surface area contributed by atoms with E-state index in [2.05, 4.69) is 53.0 Å². The fourth-order valence-corrected chi connectivity index (χ4v) is 4.26. The number of hydrogen-bond donors (Lipinski definition) is 3. The Morgan fingerprint density at radius 2 is 1.92 bits per heavy atom. The van der Waals surface area contributed by atoms with Gasteiger partial charge in [0.05, 0.1) is 24.3 Å². The van der Waals surface area contributed by atoms with Crippen LogP contribution in [0.3, 0.4) is 0 Å². The number of nitrogens with zero attached hydrogens (tertiary/aromatic N) is 6. The van der Waals surface area contributed by atoms with E-state index in [0.29, 0.717) is 17.5 Å². The van der Waals surface area contributed by atoms with Crippen LogP contribution in [0.2, 0.25) is 0 Å². The molecule has 1 fully saturated rings. The molecule has 2 aromatic heterocycles. The van der Waals surface area contributed by atoms with Gasteiger partial charge in [0.15, 0.2) is 5.84 Å². The van der Waals surface area contributed by atoms with Crippen molar-refractivity contribution in [2.45, 2.75) is 66.8 Å². The number of hydrazone groups is 1. The number of nitrogens with two attached hydrogens (primary N) is 3. The predicted octanol–water partition coefficient (Wildman–Crippen LogP) is 5.66. The van der Waals surface area contributed by atoms with Gasteiger partial charge in [-0.3, -0.25) is 9.69 Å². The Labute approximate surface area is 238 Å². The third kappa shape index (κ3) is 11.0. The number of nitrogen functional groups attached to an aromatic ring is 1. The van der Waals surface area contributed by atoms with E-state index >= 15 is 0 Å². The van der Waals surface area contributed by atoms with Crippen molar-refractivity contribution < 1.29 is 4.39 Å². The van der Waals surface area contributed by atoms with Crippen molar-refractivity contribution >= 4 is 23.3 Å². The number of hydrogen-bond acceptors (Lipinski definition) is 7. The molecule has 11 heteroatoms. The molecule has 0 amide bonds. The second-order valence-corrected chi connectivity index (χ2v) is 9.62. The van der Waals surface area contributed by atoms with E-state index in [9.17, 15) is 4.39 Å². The van der Waals surface area contributed by atoms with Crippen molar-refractivity contribution in [2.75, 3.05) is 31.9 Å². The third-order valence-corrected chi connectivity index (χ3v) is 6.19. The third-order valence-electron chi connectivity index (χ3n) is 5.95. The highest BCUT2D eigenvalue weighted by Crippen LogP contribution is 2.27. The van der Waals surface area contributed by atoms with Crippen LogP contribution in [0.25, 0.3) is 11.1 Å². The van der Waals surface area contributed by atoms with Gasteiger partial charge in [0.1, 0.15) is 11.6 Å². The molecule has 6 N–H and O–H groups in total. The highest BCUT2D eigenvalue weighted by molar-refractivity contribution is 6.25. The first-order valence-corrected chi connectivity index (χ1v) is 14.1. The Morgan fingerprint density at radius 3 is 2.44 bits per heavy atom. The number of hydrazine groups is 1. The zero-order valence-electron chi connectivity index (χ0n) is 24.3. The molecule has 9 nitrogen and oxygen atoms in total. The van der Waals surface area contributed by atoms with E-state index in [1.54, 1.807) is 18.5 Å². The zero-order valence-corrected chi connectivity index (χ0v) is 25.1. The van der Waals surface area contributed by atoms with Crippen molar-refractivity contribution in [3.05, 3.63) is 53.7 Å². The first-order valence-electron chi connectivity index (χ1n) is 13.6. The number of amidine groups is 1. The fraction of sp³-hybridized carbons (Fsp3) is 0.536. The second-order valence-electron chi connectivity index (χ2n) is 9.41. The van der Waals surface area contributed by atoms with Crippen LogP contribution in [0.1, 0.15) is 72.4 Å². The van der Waals surface area contributed by atoms with Crippen LogP contribution in [0.4, 0.5) is 10.2 Å². The summed E-state index contributed by atoms with van der Waals surface area (Å²) in [6.07, 6.45) is 12.9. The van der Waals surface area contributed by atoms with Crippen LogP contribution < -0.4 is 17.4 Å². The second kappa shape index (κ2) is 18.4. The van der Waals surface area contributed by atoms with Crippen molar-refractivity contribution in [3.63, 3.8) is 0 Å². The Kier molecular flexibility index (Phi) is 16.0. The lowest BCUT2D eigenvalue weighted by atomic mass is 10.0. The van der Waals surface area contributed by atoms with Gasteiger partial charge < -0.3 is 16.5 Å². The summed E-state index contributed by atoms with van der Waals surface area (Å²) < 4.78 is 15.6. The molecular weight excluding hydrogens is 517 g/mol. The number of pyridine rings is 1. The molecule has 0 atom stereocenters. The molecular formula is C28H47ClFN9. The van der Waals surface area contributed by atoms with Crippen molar-refractivity contribution in [1.29, 1.82) is 0 Å². The fourth-order valence-electron chi connectivity index (χ4n) is 4.19. The molecule has 0 bridgehead atoms. The molecule has 1 aliphatic rings. The minimum Gasteiger partial charge on any atom is -0.383 e. The van der Waals surface area contributed by atoms with E-state index in [1.807, 2.05) is 31.6 Å². The lowest BCUT2D eigenvalue weighted by Crippen LogP contribution is -2.40. The van der Waals surface area contributed by atoms with Crippen molar-refractivity contribution in [3.8, 4) is 11.1 Å². The Morgan fingerprint density at radius 1 is 1.26 bits per heavy atom. The SMILES string of the molecule is C/C=C\CC.CC.CC(C)CN1CCC(n2cc(-c3cnc(N)c(/C(=N/N)N(N)C/C(F)=C/Cl)c3)cn2)CC1. The van der Waals surface area contributed by atoms with E-state index in [-0.39, 0.29) is 18.2 Å². The van der Waals surface area contributed by atoms with E-state index in [1.165, 1.54) is 0 Å². The number of anilines is 1. The number of rotatable bonds is 8. The first kappa shape index (κ1) is 34.1. The van der Waals surface area contributed by atoms with Crippen LogP contribution in [0.5, 0.6) is 0 Å². The number of allylic oxidation sites excluding steroid dienone is 2. The maximum Gasteiger partial charge on any atom is 0.173 e. The molecule has 3 heterocycles. The summed E-state index contributed by atoms with van der Waals surface area (Å²) in [6, 6.07) is 2.13. The predicted molar refractivity (Wildman–Crippen MR) is 163 cm³/mol. The van der Waals surface area contributed by atoms with Crippen molar-refractivity contribution in [1.82, 2.24) is 24.7 Å². The van der Waals surface area contributed by atoms with Crippen LogP contribution in [-0.4, -0.2) is 56.7 Å². The van der Waals surface area contributed by atoms with Crippen LogP contribution >= 0.6 is 11.6 Å². The Hall–Kier alpha value is -2.95. The molecule has 1 aliphatic heterocycles. The lowest BCUT2D eigenvalue weighted by molar-refractivity contribution is 0.164. The minimum atomic E-state index is -0.640. The molecule has 3 rings (SSSR count). The van der Waals surface area contributed by atoms with Gasteiger partial charge in [0, 0.05) is 48.7 Å². The quantitative estimate of drug-likeness (QED) is 0.124.